The van der Waals surface area contributed by atoms with Crippen LogP contribution in [-0.2, 0) is 0 Å². The molecular formula is C10H8N2O2S. The first-order chi connectivity index (χ1) is 7.34. The van der Waals surface area contributed by atoms with E-state index in [0.717, 1.165) is 21.8 Å². The average Bonchev–Trinajstić information content (AvgIpc) is 2.84. The Balaban J connectivity index is 2.11. The molecule has 4 nitrogen and oxygen atoms in total. The Morgan fingerprint density at radius 2 is 2.33 bits per heavy atom. The van der Waals surface area contributed by atoms with Crippen molar-refractivity contribution < 1.29 is 9.26 Å². The molecule has 0 amide bonds. The highest BCUT2D eigenvalue weighted by atomic mass is 32.2. The van der Waals surface area contributed by atoms with Crippen LogP contribution >= 0.6 is 11.8 Å². The van der Waals surface area contributed by atoms with E-state index in [0.29, 0.717) is 11.8 Å². The molecule has 0 spiro atoms. The fourth-order valence-corrected chi connectivity index (χ4v) is 2.32. The lowest BCUT2D eigenvalue weighted by molar-refractivity contribution is 0.397. The molecule has 0 radical (unpaired) electrons. The first kappa shape index (κ1) is 8.67. The number of nitrogen functional groups attached to an aromatic ring is 1. The van der Waals surface area contributed by atoms with Gasteiger partial charge in [0.15, 0.2) is 0 Å². The van der Waals surface area contributed by atoms with Gasteiger partial charge >= 0.3 is 0 Å². The lowest BCUT2D eigenvalue weighted by Crippen LogP contribution is -1.85. The van der Waals surface area contributed by atoms with Crippen molar-refractivity contribution in [3.05, 3.63) is 24.4 Å². The summed E-state index contributed by atoms with van der Waals surface area (Å²) in [6, 6.07) is 5.93. The van der Waals surface area contributed by atoms with Crippen LogP contribution in [0.25, 0.3) is 11.1 Å². The largest absolute Gasteiger partial charge is 0.481 e. The highest BCUT2D eigenvalue weighted by molar-refractivity contribution is 7.99. The second-order valence-electron chi connectivity index (χ2n) is 3.17. The fourth-order valence-electron chi connectivity index (χ4n) is 1.53. The molecule has 0 saturated heterocycles. The van der Waals surface area contributed by atoms with Crippen molar-refractivity contribution in [1.82, 2.24) is 5.16 Å². The summed E-state index contributed by atoms with van der Waals surface area (Å²) in [6.45, 7) is 0. The zero-order valence-electron chi connectivity index (χ0n) is 7.77. The Hall–Kier alpha value is -1.62. The molecule has 0 atom stereocenters. The summed E-state index contributed by atoms with van der Waals surface area (Å²) in [7, 11) is 0. The van der Waals surface area contributed by atoms with Crippen molar-refractivity contribution >= 4 is 17.6 Å². The molecule has 1 aliphatic rings. The van der Waals surface area contributed by atoms with Crippen LogP contribution in [0.3, 0.4) is 0 Å². The summed E-state index contributed by atoms with van der Waals surface area (Å²) < 4.78 is 10.2. The van der Waals surface area contributed by atoms with Gasteiger partial charge in [-0.1, -0.05) is 23.0 Å². The Morgan fingerprint density at radius 3 is 3.13 bits per heavy atom. The van der Waals surface area contributed by atoms with Gasteiger partial charge in [-0.15, -0.1) is 0 Å². The summed E-state index contributed by atoms with van der Waals surface area (Å²) in [5, 5.41) is 3.65. The van der Waals surface area contributed by atoms with E-state index in [2.05, 4.69) is 5.16 Å². The number of nitrogens with two attached hydrogens (primary N) is 1. The van der Waals surface area contributed by atoms with Gasteiger partial charge in [0.1, 0.15) is 11.7 Å². The molecular weight excluding hydrogens is 212 g/mol. The summed E-state index contributed by atoms with van der Waals surface area (Å²) in [4.78, 5) is 1.13. The summed E-state index contributed by atoms with van der Waals surface area (Å²) in [5.41, 5.74) is 7.48. The zero-order chi connectivity index (χ0) is 10.3. The van der Waals surface area contributed by atoms with Gasteiger partial charge in [0.05, 0.1) is 16.7 Å². The zero-order valence-corrected chi connectivity index (χ0v) is 8.58. The normalized spacial score (nSPS) is 13.6. The van der Waals surface area contributed by atoms with Gasteiger partial charge in [0.25, 0.3) is 0 Å². The number of nitrogens with zero attached hydrogens (tertiary/aromatic N) is 1. The standard InChI is InChI=1S/C10H8N2O2S/c11-10-7(4-12-14-10)6-1-2-8-9(3-6)15-5-13-8/h1-4H,5,11H2. The fraction of sp³-hybridized carbons (Fsp3) is 0.100. The smallest absolute Gasteiger partial charge is 0.229 e. The maximum Gasteiger partial charge on any atom is 0.229 e. The molecule has 1 aromatic carbocycles. The van der Waals surface area contributed by atoms with Crippen molar-refractivity contribution in [3.8, 4) is 16.9 Å². The molecule has 0 bridgehead atoms. The third-order valence-electron chi connectivity index (χ3n) is 2.28. The van der Waals surface area contributed by atoms with E-state index in [-0.39, 0.29) is 0 Å². The van der Waals surface area contributed by atoms with E-state index in [1.54, 1.807) is 18.0 Å². The molecule has 76 valence electrons. The van der Waals surface area contributed by atoms with Crippen LogP contribution in [0.1, 0.15) is 0 Å². The minimum absolute atomic E-state index is 0.346. The second kappa shape index (κ2) is 3.20. The molecule has 15 heavy (non-hydrogen) atoms. The van der Waals surface area contributed by atoms with Crippen LogP contribution in [0.5, 0.6) is 5.75 Å². The number of anilines is 1. The molecule has 0 fully saturated rings. The van der Waals surface area contributed by atoms with E-state index >= 15 is 0 Å². The van der Waals surface area contributed by atoms with Crippen LogP contribution in [-0.4, -0.2) is 11.1 Å². The topological polar surface area (TPSA) is 61.3 Å². The van der Waals surface area contributed by atoms with Crippen LogP contribution in [0.2, 0.25) is 0 Å². The van der Waals surface area contributed by atoms with Gasteiger partial charge in [0, 0.05) is 0 Å². The lowest BCUT2D eigenvalue weighted by Gasteiger charge is -2.00. The molecule has 5 heteroatoms. The maximum atomic E-state index is 5.65. The molecule has 2 N–H and O–H groups in total. The third-order valence-corrected chi connectivity index (χ3v) is 3.15. The van der Waals surface area contributed by atoms with Gasteiger partial charge in [-0.25, -0.2) is 0 Å². The average molecular weight is 220 g/mol. The third kappa shape index (κ3) is 1.35. The Morgan fingerprint density at radius 1 is 1.40 bits per heavy atom. The van der Waals surface area contributed by atoms with Crippen molar-refractivity contribution in [2.75, 3.05) is 11.7 Å². The minimum atomic E-state index is 0.346. The predicted molar refractivity (Wildman–Crippen MR) is 57.7 cm³/mol. The van der Waals surface area contributed by atoms with Gasteiger partial charge in [0.2, 0.25) is 5.88 Å². The number of hydrogen-bond donors (Lipinski definition) is 1. The number of fused-ring (bicyclic) bond motifs is 1. The maximum absolute atomic E-state index is 5.65. The number of hydrogen-bond acceptors (Lipinski definition) is 5. The van der Waals surface area contributed by atoms with Gasteiger partial charge in [-0.3, -0.25) is 0 Å². The quantitative estimate of drug-likeness (QED) is 0.799. The molecule has 0 aliphatic carbocycles. The number of aromatic nitrogens is 1. The summed E-state index contributed by atoms with van der Waals surface area (Å²) in [6.07, 6.45) is 1.62. The van der Waals surface area contributed by atoms with Crippen LogP contribution in [0, 0.1) is 0 Å². The lowest BCUT2D eigenvalue weighted by atomic mass is 10.1. The van der Waals surface area contributed by atoms with E-state index in [9.17, 15) is 0 Å². The van der Waals surface area contributed by atoms with Crippen molar-refractivity contribution in [2.45, 2.75) is 4.90 Å². The van der Waals surface area contributed by atoms with Gasteiger partial charge in [-0.2, -0.15) is 0 Å². The van der Waals surface area contributed by atoms with Crippen LogP contribution < -0.4 is 10.5 Å². The molecule has 3 rings (SSSR count). The second-order valence-corrected chi connectivity index (χ2v) is 4.14. The number of rotatable bonds is 1. The highest BCUT2D eigenvalue weighted by Crippen LogP contribution is 2.39. The molecule has 2 heterocycles. The van der Waals surface area contributed by atoms with E-state index in [1.807, 2.05) is 18.2 Å². The first-order valence-electron chi connectivity index (χ1n) is 4.45. The molecule has 0 saturated carbocycles. The molecule has 1 aromatic heterocycles. The molecule has 0 unspecified atom stereocenters. The summed E-state index contributed by atoms with van der Waals surface area (Å²) >= 11 is 1.67. The predicted octanol–water partition coefficient (Wildman–Crippen LogP) is 2.37. The Bertz CT molecular complexity index is 510. The van der Waals surface area contributed by atoms with Gasteiger partial charge < -0.3 is 15.0 Å². The monoisotopic (exact) mass is 220 g/mol. The van der Waals surface area contributed by atoms with Crippen molar-refractivity contribution in [1.29, 1.82) is 0 Å². The highest BCUT2D eigenvalue weighted by Gasteiger charge is 2.15. The van der Waals surface area contributed by atoms with E-state index in [4.69, 9.17) is 15.0 Å². The van der Waals surface area contributed by atoms with E-state index < -0.39 is 0 Å². The number of ether oxygens (including phenoxy) is 1. The van der Waals surface area contributed by atoms with Crippen molar-refractivity contribution in [2.24, 2.45) is 0 Å². The Kier molecular flexibility index (Phi) is 1.85. The van der Waals surface area contributed by atoms with E-state index in [1.165, 1.54) is 0 Å². The van der Waals surface area contributed by atoms with Crippen molar-refractivity contribution in [3.63, 3.8) is 0 Å². The molecule has 1 aliphatic heterocycles. The van der Waals surface area contributed by atoms with Crippen LogP contribution in [0.15, 0.2) is 33.8 Å². The van der Waals surface area contributed by atoms with Gasteiger partial charge in [-0.05, 0) is 17.7 Å². The Labute approximate surface area is 90.4 Å². The molecule has 2 aromatic rings. The minimum Gasteiger partial charge on any atom is -0.481 e. The number of thioether (sulfide) groups is 1. The first-order valence-corrected chi connectivity index (χ1v) is 5.43. The SMILES string of the molecule is Nc1oncc1-c1ccc2c(c1)SCO2. The van der Waals surface area contributed by atoms with Crippen LogP contribution in [0.4, 0.5) is 5.88 Å². The number of benzene rings is 1. The summed E-state index contributed by atoms with van der Waals surface area (Å²) in [5.74, 6) is 1.95.